The van der Waals surface area contributed by atoms with Crippen LogP contribution in [0, 0.1) is 6.92 Å². The average molecular weight is 465 g/mol. The number of thiophene rings is 1. The minimum absolute atomic E-state index is 0.0713. The number of aryl methyl sites for hydroxylation is 1. The molecule has 2 aliphatic carbocycles. The summed E-state index contributed by atoms with van der Waals surface area (Å²) in [5, 5.41) is 12.9. The Labute approximate surface area is 194 Å². The van der Waals surface area contributed by atoms with E-state index in [2.05, 4.69) is 23.7 Å². The van der Waals surface area contributed by atoms with E-state index in [0.717, 1.165) is 40.5 Å². The molecule has 1 aromatic rings. The van der Waals surface area contributed by atoms with Gasteiger partial charge < -0.3 is 10.4 Å². The number of aliphatic carboxylic acids is 1. The number of anilines is 1. The summed E-state index contributed by atoms with van der Waals surface area (Å²) in [7, 11) is 0. The lowest BCUT2D eigenvalue weighted by atomic mass is 9.86. The van der Waals surface area contributed by atoms with Gasteiger partial charge in [-0.2, -0.15) is 0 Å². The normalized spacial score (nSPS) is 19.5. The number of allylic oxidation sites excluding steroid dienone is 1. The molecule has 0 aromatic carbocycles. The third-order valence-corrected chi connectivity index (χ3v) is 8.96. The Kier molecular flexibility index (Phi) is 9.05. The zero-order valence-electron chi connectivity index (χ0n) is 18.8. The fourth-order valence-corrected chi connectivity index (χ4v) is 7.14. The van der Waals surface area contributed by atoms with E-state index in [1.807, 2.05) is 13.0 Å². The largest absolute Gasteiger partial charge is 0.481 e. The van der Waals surface area contributed by atoms with Crippen molar-refractivity contribution in [3.63, 3.8) is 0 Å². The third kappa shape index (κ3) is 6.83. The number of nitrogens with one attached hydrogen (secondary N) is 1. The molecule has 0 saturated heterocycles. The third-order valence-electron chi connectivity index (χ3n) is 6.60. The van der Waals surface area contributed by atoms with Gasteiger partial charge >= 0.3 is 5.97 Å². The summed E-state index contributed by atoms with van der Waals surface area (Å²) >= 11 is 3.09. The van der Waals surface area contributed by atoms with Crippen LogP contribution in [0.5, 0.6) is 0 Å². The van der Waals surface area contributed by atoms with E-state index in [1.165, 1.54) is 49.4 Å². The lowest BCUT2D eigenvalue weighted by molar-refractivity contribution is -0.136. The standard InChI is InChI=1S/C24H36N2O3S2/c1-16-9-11-20(12-10-16)26(19-7-5-4-6-8-19)18(3)23(29)25-24-17(2)15-22(31-24)30-14-13-21(27)28/h15,18-20H,1,4-14H2,2-3H3,(H,25,29)(H,27,28). The van der Waals surface area contributed by atoms with E-state index in [1.54, 1.807) is 11.3 Å². The number of hydrogen-bond acceptors (Lipinski definition) is 5. The molecule has 1 heterocycles. The first kappa shape index (κ1) is 24.3. The molecule has 1 atom stereocenters. The second-order valence-corrected chi connectivity index (χ2v) is 11.4. The smallest absolute Gasteiger partial charge is 0.304 e. The van der Waals surface area contributed by atoms with Crippen LogP contribution in [0.15, 0.2) is 22.4 Å². The number of thioether (sulfide) groups is 1. The summed E-state index contributed by atoms with van der Waals surface area (Å²) in [5.74, 6) is -0.166. The highest BCUT2D eigenvalue weighted by atomic mass is 32.2. The predicted molar refractivity (Wildman–Crippen MR) is 130 cm³/mol. The molecule has 3 rings (SSSR count). The van der Waals surface area contributed by atoms with E-state index in [-0.39, 0.29) is 18.4 Å². The van der Waals surface area contributed by atoms with Gasteiger partial charge in [-0.1, -0.05) is 31.4 Å². The summed E-state index contributed by atoms with van der Waals surface area (Å²) in [6, 6.07) is 2.84. The van der Waals surface area contributed by atoms with Crippen LogP contribution in [-0.4, -0.2) is 45.8 Å². The Bertz CT molecular complexity index is 776. The van der Waals surface area contributed by atoms with E-state index in [0.29, 0.717) is 17.8 Å². The number of carboxylic acid groups (broad SMARTS) is 1. The van der Waals surface area contributed by atoms with Gasteiger partial charge in [0.25, 0.3) is 0 Å². The van der Waals surface area contributed by atoms with Crippen molar-refractivity contribution in [2.75, 3.05) is 11.1 Å². The zero-order valence-corrected chi connectivity index (χ0v) is 20.5. The van der Waals surface area contributed by atoms with E-state index >= 15 is 0 Å². The molecule has 2 aliphatic rings. The molecular weight excluding hydrogens is 428 g/mol. The van der Waals surface area contributed by atoms with Crippen molar-refractivity contribution < 1.29 is 14.7 Å². The Morgan fingerprint density at radius 2 is 1.87 bits per heavy atom. The van der Waals surface area contributed by atoms with Crippen LogP contribution < -0.4 is 5.32 Å². The van der Waals surface area contributed by atoms with Gasteiger partial charge in [-0.25, -0.2) is 0 Å². The number of amides is 1. The highest BCUT2D eigenvalue weighted by Gasteiger charge is 2.35. The van der Waals surface area contributed by atoms with Crippen LogP contribution in [0.25, 0.3) is 0 Å². The number of carboxylic acids is 1. The topological polar surface area (TPSA) is 69.6 Å². The van der Waals surface area contributed by atoms with Crippen LogP contribution in [0.1, 0.15) is 76.7 Å². The molecule has 0 spiro atoms. The first-order valence-corrected chi connectivity index (χ1v) is 13.4. The summed E-state index contributed by atoms with van der Waals surface area (Å²) < 4.78 is 1.05. The van der Waals surface area contributed by atoms with Crippen LogP contribution in [0.2, 0.25) is 0 Å². The molecule has 1 amide bonds. The van der Waals surface area contributed by atoms with Crippen LogP contribution in [0.4, 0.5) is 5.00 Å². The van der Waals surface area contributed by atoms with E-state index in [9.17, 15) is 9.59 Å². The fourth-order valence-electron chi connectivity index (χ4n) is 4.86. The van der Waals surface area contributed by atoms with Crippen LogP contribution in [-0.2, 0) is 9.59 Å². The molecule has 1 unspecified atom stereocenters. The Morgan fingerprint density at radius 1 is 1.23 bits per heavy atom. The molecule has 0 aliphatic heterocycles. The maximum Gasteiger partial charge on any atom is 0.304 e. The molecule has 172 valence electrons. The van der Waals surface area contributed by atoms with E-state index in [4.69, 9.17) is 5.11 Å². The van der Waals surface area contributed by atoms with E-state index < -0.39 is 5.97 Å². The lowest BCUT2D eigenvalue weighted by Gasteiger charge is -2.44. The van der Waals surface area contributed by atoms with Crippen molar-refractivity contribution in [3.05, 3.63) is 23.8 Å². The Balaban J connectivity index is 1.67. The Morgan fingerprint density at radius 3 is 2.52 bits per heavy atom. The SMILES string of the molecule is C=C1CCC(N(C2CCCCC2)C(C)C(=O)Nc2sc(SCCC(=O)O)cc2C)CC1. The van der Waals surface area contributed by atoms with Crippen molar-refractivity contribution in [2.24, 2.45) is 0 Å². The minimum atomic E-state index is -0.780. The highest BCUT2D eigenvalue weighted by molar-refractivity contribution is 8.01. The summed E-state index contributed by atoms with van der Waals surface area (Å²) in [5.41, 5.74) is 2.39. The number of carbonyl (C=O) groups excluding carboxylic acids is 1. The van der Waals surface area contributed by atoms with Crippen molar-refractivity contribution in [1.82, 2.24) is 4.90 Å². The first-order chi connectivity index (χ1) is 14.8. The second kappa shape index (κ2) is 11.5. The molecule has 1 aromatic heterocycles. The zero-order chi connectivity index (χ0) is 22.4. The molecule has 31 heavy (non-hydrogen) atoms. The van der Waals surface area contributed by atoms with Gasteiger partial charge in [-0.05, 0) is 64.0 Å². The average Bonchev–Trinajstić information content (AvgIpc) is 3.09. The second-order valence-electron chi connectivity index (χ2n) is 8.96. The van der Waals surface area contributed by atoms with Gasteiger partial charge in [0.1, 0.15) is 0 Å². The molecule has 0 bridgehead atoms. The molecular formula is C24H36N2O3S2. The summed E-state index contributed by atoms with van der Waals surface area (Å²) in [4.78, 5) is 26.6. The van der Waals surface area contributed by atoms with Crippen molar-refractivity contribution in [2.45, 2.75) is 100 Å². The Hall–Kier alpha value is -1.31. The van der Waals surface area contributed by atoms with Gasteiger partial charge in [0.15, 0.2) is 0 Å². The molecule has 0 radical (unpaired) electrons. The van der Waals surface area contributed by atoms with Gasteiger partial charge in [-0.15, -0.1) is 23.1 Å². The number of hydrogen-bond donors (Lipinski definition) is 2. The first-order valence-electron chi connectivity index (χ1n) is 11.5. The van der Waals surface area contributed by atoms with Crippen LogP contribution in [0.3, 0.4) is 0 Å². The molecule has 2 N–H and O–H groups in total. The maximum absolute atomic E-state index is 13.3. The molecule has 5 nitrogen and oxygen atoms in total. The van der Waals surface area contributed by atoms with Gasteiger partial charge in [0.05, 0.1) is 21.7 Å². The van der Waals surface area contributed by atoms with Gasteiger partial charge in [-0.3, -0.25) is 14.5 Å². The molecule has 7 heteroatoms. The minimum Gasteiger partial charge on any atom is -0.481 e. The van der Waals surface area contributed by atoms with Crippen LogP contribution >= 0.6 is 23.1 Å². The lowest BCUT2D eigenvalue weighted by Crippen LogP contribution is -2.54. The summed E-state index contributed by atoms with van der Waals surface area (Å²) in [6.07, 6.45) is 10.7. The monoisotopic (exact) mass is 464 g/mol. The number of nitrogens with zero attached hydrogens (tertiary/aromatic N) is 1. The van der Waals surface area contributed by atoms with Gasteiger partial charge in [0, 0.05) is 17.8 Å². The summed E-state index contributed by atoms with van der Waals surface area (Å²) in [6.45, 7) is 8.24. The van der Waals surface area contributed by atoms with Gasteiger partial charge in [0.2, 0.25) is 5.91 Å². The molecule has 2 fully saturated rings. The maximum atomic E-state index is 13.3. The molecule has 2 saturated carbocycles. The highest BCUT2D eigenvalue weighted by Crippen LogP contribution is 2.36. The van der Waals surface area contributed by atoms with Crippen molar-refractivity contribution in [3.8, 4) is 0 Å². The van der Waals surface area contributed by atoms with Crippen molar-refractivity contribution >= 4 is 40.0 Å². The quantitative estimate of drug-likeness (QED) is 0.342. The number of carbonyl (C=O) groups is 2. The predicted octanol–water partition coefficient (Wildman–Crippen LogP) is 6.08. The van der Waals surface area contributed by atoms with Crippen molar-refractivity contribution in [1.29, 1.82) is 0 Å². The number of rotatable bonds is 9. The fraction of sp³-hybridized carbons (Fsp3) is 0.667.